The van der Waals surface area contributed by atoms with E-state index in [2.05, 4.69) is 43.0 Å². The maximum Gasteiger partial charge on any atom is 0.0845 e. The number of hydrogen-bond acceptors (Lipinski definition) is 2. The summed E-state index contributed by atoms with van der Waals surface area (Å²) in [6, 6.07) is 10.5. The fraction of sp³-hybridized carbons (Fsp3) is 0.571. The van der Waals surface area contributed by atoms with E-state index in [4.69, 9.17) is 16.3 Å². The molecule has 0 aromatic heterocycles. The van der Waals surface area contributed by atoms with Crippen LogP contribution in [0.15, 0.2) is 30.3 Å². The van der Waals surface area contributed by atoms with Gasteiger partial charge in [-0.1, -0.05) is 30.3 Å². The number of rotatable bonds is 3. The van der Waals surface area contributed by atoms with Crippen LogP contribution in [0.5, 0.6) is 0 Å². The summed E-state index contributed by atoms with van der Waals surface area (Å²) in [5.74, 6) is 0.564. The van der Waals surface area contributed by atoms with Gasteiger partial charge in [-0.2, -0.15) is 0 Å². The lowest BCUT2D eigenvalue weighted by Gasteiger charge is -2.42. The minimum Gasteiger partial charge on any atom is -0.368 e. The highest BCUT2D eigenvalue weighted by atomic mass is 35.5. The smallest absolute Gasteiger partial charge is 0.0845 e. The van der Waals surface area contributed by atoms with Crippen molar-refractivity contribution in [2.45, 2.75) is 32.1 Å². The van der Waals surface area contributed by atoms with Gasteiger partial charge in [0.1, 0.15) is 0 Å². The molecule has 0 N–H and O–H groups in total. The van der Waals surface area contributed by atoms with Crippen LogP contribution in [0.2, 0.25) is 0 Å². The molecule has 1 aliphatic rings. The summed E-state index contributed by atoms with van der Waals surface area (Å²) in [4.78, 5) is 2.42. The summed E-state index contributed by atoms with van der Waals surface area (Å²) in [5.41, 5.74) is 1.24. The molecule has 94 valence electrons. The van der Waals surface area contributed by atoms with Gasteiger partial charge in [-0.3, -0.25) is 4.90 Å². The zero-order valence-corrected chi connectivity index (χ0v) is 11.3. The van der Waals surface area contributed by atoms with Gasteiger partial charge < -0.3 is 4.74 Å². The number of nitrogens with zero attached hydrogens (tertiary/aromatic N) is 1. The van der Waals surface area contributed by atoms with Gasteiger partial charge in [0.15, 0.2) is 0 Å². The van der Waals surface area contributed by atoms with Gasteiger partial charge in [0.2, 0.25) is 0 Å². The minimum atomic E-state index is -0.105. The number of alkyl halides is 1. The molecule has 1 heterocycles. The molecular weight excluding hydrogens is 234 g/mol. The van der Waals surface area contributed by atoms with Gasteiger partial charge in [0.25, 0.3) is 0 Å². The van der Waals surface area contributed by atoms with Crippen molar-refractivity contribution < 1.29 is 4.74 Å². The summed E-state index contributed by atoms with van der Waals surface area (Å²) in [5, 5.41) is 0. The lowest BCUT2D eigenvalue weighted by molar-refractivity contribution is -0.129. The fourth-order valence-corrected chi connectivity index (χ4v) is 2.62. The van der Waals surface area contributed by atoms with Crippen LogP contribution < -0.4 is 0 Å². The van der Waals surface area contributed by atoms with Gasteiger partial charge in [0, 0.05) is 25.5 Å². The molecule has 3 heteroatoms. The summed E-state index contributed by atoms with van der Waals surface area (Å²) < 4.78 is 5.92. The first kappa shape index (κ1) is 12.9. The standard InChI is InChI=1S/C14H20ClNO/c1-14(2)11-16(10-13(8-15)17-14)9-12-6-4-3-5-7-12/h3-7,13H,8-11H2,1-2H3/t13-/m1/s1. The quantitative estimate of drug-likeness (QED) is 0.768. The van der Waals surface area contributed by atoms with Crippen molar-refractivity contribution in [3.8, 4) is 0 Å². The lowest BCUT2D eigenvalue weighted by atomic mass is 10.0. The molecule has 0 radical (unpaired) electrons. The number of ether oxygens (including phenoxy) is 1. The van der Waals surface area contributed by atoms with E-state index in [1.165, 1.54) is 5.56 Å². The zero-order chi connectivity index (χ0) is 12.3. The third-order valence-electron chi connectivity index (χ3n) is 2.97. The number of morpholine rings is 1. The van der Waals surface area contributed by atoms with Crippen molar-refractivity contribution in [2.24, 2.45) is 0 Å². The second-order valence-electron chi connectivity index (χ2n) is 5.31. The zero-order valence-electron chi connectivity index (χ0n) is 10.5. The summed E-state index contributed by atoms with van der Waals surface area (Å²) in [6.45, 7) is 7.10. The highest BCUT2D eigenvalue weighted by Crippen LogP contribution is 2.23. The van der Waals surface area contributed by atoms with Crippen molar-refractivity contribution in [3.05, 3.63) is 35.9 Å². The van der Waals surface area contributed by atoms with Crippen LogP contribution in [0.3, 0.4) is 0 Å². The van der Waals surface area contributed by atoms with Crippen LogP contribution in [0.1, 0.15) is 19.4 Å². The van der Waals surface area contributed by atoms with Crippen LogP contribution in [0, 0.1) is 0 Å². The summed E-state index contributed by atoms with van der Waals surface area (Å²) >= 11 is 5.92. The molecule has 2 nitrogen and oxygen atoms in total. The number of hydrogen-bond donors (Lipinski definition) is 0. The molecule has 1 aliphatic heterocycles. The average Bonchev–Trinajstić information content (AvgIpc) is 2.28. The van der Waals surface area contributed by atoms with Gasteiger partial charge in [-0.25, -0.2) is 0 Å². The van der Waals surface area contributed by atoms with Crippen LogP contribution in [0.25, 0.3) is 0 Å². The van der Waals surface area contributed by atoms with E-state index >= 15 is 0 Å². The first-order valence-electron chi connectivity index (χ1n) is 6.09. The van der Waals surface area contributed by atoms with Gasteiger partial charge in [0.05, 0.1) is 11.7 Å². The Labute approximate surface area is 109 Å². The van der Waals surface area contributed by atoms with E-state index < -0.39 is 0 Å². The van der Waals surface area contributed by atoms with E-state index in [9.17, 15) is 0 Å². The molecule has 0 saturated carbocycles. The van der Waals surface area contributed by atoms with E-state index in [1.54, 1.807) is 0 Å². The Bertz CT molecular complexity index is 352. The highest BCUT2D eigenvalue weighted by Gasteiger charge is 2.32. The molecule has 1 aromatic carbocycles. The molecule has 0 amide bonds. The van der Waals surface area contributed by atoms with Gasteiger partial charge >= 0.3 is 0 Å². The third kappa shape index (κ3) is 3.70. The summed E-state index contributed by atoms with van der Waals surface area (Å²) in [7, 11) is 0. The van der Waals surface area contributed by atoms with Crippen LogP contribution in [0.4, 0.5) is 0 Å². The van der Waals surface area contributed by atoms with Crippen LogP contribution >= 0.6 is 11.6 Å². The minimum absolute atomic E-state index is 0.105. The predicted octanol–water partition coefficient (Wildman–Crippen LogP) is 2.90. The van der Waals surface area contributed by atoms with E-state index in [0.717, 1.165) is 19.6 Å². The number of halogens is 1. The molecule has 1 fully saturated rings. The second kappa shape index (κ2) is 5.38. The monoisotopic (exact) mass is 253 g/mol. The van der Waals surface area contributed by atoms with Crippen molar-refractivity contribution >= 4 is 11.6 Å². The largest absolute Gasteiger partial charge is 0.368 e. The molecule has 1 saturated heterocycles. The van der Waals surface area contributed by atoms with E-state index in [1.807, 2.05) is 6.07 Å². The maximum atomic E-state index is 5.92. The Kier molecular flexibility index (Phi) is 4.08. The molecule has 0 unspecified atom stereocenters. The first-order chi connectivity index (χ1) is 8.09. The first-order valence-corrected chi connectivity index (χ1v) is 6.62. The third-order valence-corrected chi connectivity index (χ3v) is 3.32. The molecule has 1 atom stereocenters. The summed E-state index contributed by atoms with van der Waals surface area (Å²) in [6.07, 6.45) is 0.143. The van der Waals surface area contributed by atoms with Crippen molar-refractivity contribution in [2.75, 3.05) is 19.0 Å². The number of benzene rings is 1. The average molecular weight is 254 g/mol. The Balaban J connectivity index is 2.01. The maximum absolute atomic E-state index is 5.92. The molecule has 1 aromatic rings. The van der Waals surface area contributed by atoms with Gasteiger partial charge in [-0.05, 0) is 19.4 Å². The van der Waals surface area contributed by atoms with Crippen molar-refractivity contribution in [1.29, 1.82) is 0 Å². The molecule has 2 rings (SSSR count). The van der Waals surface area contributed by atoms with E-state index in [-0.39, 0.29) is 11.7 Å². The van der Waals surface area contributed by atoms with Crippen LogP contribution in [-0.4, -0.2) is 35.6 Å². The second-order valence-corrected chi connectivity index (χ2v) is 5.62. The molecular formula is C14H20ClNO. The molecule has 17 heavy (non-hydrogen) atoms. The molecule has 0 bridgehead atoms. The normalized spacial score (nSPS) is 24.8. The molecule has 0 spiro atoms. The topological polar surface area (TPSA) is 12.5 Å². The molecule has 0 aliphatic carbocycles. The Morgan fingerprint density at radius 1 is 1.35 bits per heavy atom. The van der Waals surface area contributed by atoms with Crippen molar-refractivity contribution in [1.82, 2.24) is 4.90 Å². The van der Waals surface area contributed by atoms with E-state index in [0.29, 0.717) is 5.88 Å². The predicted molar refractivity (Wildman–Crippen MR) is 71.4 cm³/mol. The SMILES string of the molecule is CC1(C)CN(Cc2ccccc2)C[C@@H](CCl)O1. The lowest BCUT2D eigenvalue weighted by Crippen LogP contribution is -2.52. The Morgan fingerprint density at radius 3 is 2.71 bits per heavy atom. The Morgan fingerprint density at radius 2 is 2.06 bits per heavy atom. The van der Waals surface area contributed by atoms with Crippen LogP contribution in [-0.2, 0) is 11.3 Å². The highest BCUT2D eigenvalue weighted by molar-refractivity contribution is 6.18. The fourth-order valence-electron chi connectivity index (χ4n) is 2.46. The van der Waals surface area contributed by atoms with Gasteiger partial charge in [-0.15, -0.1) is 11.6 Å². The Hall–Kier alpha value is -0.570. The van der Waals surface area contributed by atoms with Crippen molar-refractivity contribution in [3.63, 3.8) is 0 Å².